The lowest BCUT2D eigenvalue weighted by Crippen LogP contribution is -1.91. The lowest BCUT2D eigenvalue weighted by molar-refractivity contribution is 0.761. The number of unbranched alkanes of at least 4 members (excludes halogenated alkanes) is 1. The third-order valence-corrected chi connectivity index (χ3v) is 4.77. The van der Waals surface area contributed by atoms with Crippen molar-refractivity contribution < 1.29 is 0 Å². The third kappa shape index (κ3) is 4.57. The Kier molecular flexibility index (Phi) is 6.23. The second-order valence-electron chi connectivity index (χ2n) is 6.55. The fourth-order valence-electron chi connectivity index (χ4n) is 2.50. The van der Waals surface area contributed by atoms with Gasteiger partial charge in [-0.1, -0.05) is 54.8 Å². The molecule has 1 N–H and O–H groups in total. The van der Waals surface area contributed by atoms with Gasteiger partial charge in [0.05, 0.1) is 11.4 Å². The summed E-state index contributed by atoms with van der Waals surface area (Å²) in [6.45, 7) is 11.0. The number of allylic oxidation sites excluding steroid dienone is 1. The molecule has 0 atom stereocenters. The molecule has 3 heteroatoms. The summed E-state index contributed by atoms with van der Waals surface area (Å²) in [6, 6.07) is 6.42. The first-order chi connectivity index (χ1) is 10.9. The average molecular weight is 375 g/mol. The van der Waals surface area contributed by atoms with Crippen molar-refractivity contribution in [1.82, 2.24) is 9.97 Å². The lowest BCUT2D eigenvalue weighted by Gasteiger charge is -2.07. The number of hydrogen-bond acceptors (Lipinski definition) is 1. The monoisotopic (exact) mass is 374 g/mol. The largest absolute Gasteiger partial charge is 0.341 e. The standard InChI is InChI=1S/C20H27BrN2/c1-6-7-8-19-22-18(12-14(4)13(2)3)20(23-19)17-10-9-16(21)11-15(17)5/h9-13H,6-8H2,1-5H3,(H,22,23)/b14-12+. The smallest absolute Gasteiger partial charge is 0.107 e. The van der Waals surface area contributed by atoms with Crippen LogP contribution < -0.4 is 0 Å². The number of nitrogens with zero attached hydrogens (tertiary/aromatic N) is 1. The number of H-pyrrole nitrogens is 1. The number of benzene rings is 1. The Balaban J connectivity index is 2.51. The molecule has 0 radical (unpaired) electrons. The van der Waals surface area contributed by atoms with Crippen LogP contribution in [-0.2, 0) is 6.42 Å². The van der Waals surface area contributed by atoms with Crippen molar-refractivity contribution in [2.75, 3.05) is 0 Å². The molecule has 0 aliphatic carbocycles. The van der Waals surface area contributed by atoms with E-state index in [4.69, 9.17) is 4.98 Å². The van der Waals surface area contributed by atoms with E-state index < -0.39 is 0 Å². The maximum absolute atomic E-state index is 4.87. The molecule has 1 aromatic heterocycles. The van der Waals surface area contributed by atoms with Crippen molar-refractivity contribution in [2.24, 2.45) is 5.92 Å². The molecule has 0 aliphatic rings. The predicted octanol–water partition coefficient (Wildman–Crippen LogP) is 6.55. The van der Waals surface area contributed by atoms with E-state index in [-0.39, 0.29) is 0 Å². The molecule has 0 unspecified atom stereocenters. The van der Waals surface area contributed by atoms with E-state index in [2.05, 4.69) is 79.8 Å². The summed E-state index contributed by atoms with van der Waals surface area (Å²) < 4.78 is 1.11. The van der Waals surface area contributed by atoms with Crippen LogP contribution in [0.4, 0.5) is 0 Å². The van der Waals surface area contributed by atoms with Crippen LogP contribution in [0.3, 0.4) is 0 Å². The quantitative estimate of drug-likeness (QED) is 0.609. The fourth-order valence-corrected chi connectivity index (χ4v) is 2.98. The van der Waals surface area contributed by atoms with Gasteiger partial charge >= 0.3 is 0 Å². The summed E-state index contributed by atoms with van der Waals surface area (Å²) in [5.74, 6) is 1.62. The number of aromatic nitrogens is 2. The molecule has 1 aromatic carbocycles. The van der Waals surface area contributed by atoms with Gasteiger partial charge in [0, 0.05) is 16.5 Å². The number of aryl methyl sites for hydroxylation is 2. The molecule has 2 rings (SSSR count). The summed E-state index contributed by atoms with van der Waals surface area (Å²) in [5, 5.41) is 0. The van der Waals surface area contributed by atoms with Gasteiger partial charge in [-0.3, -0.25) is 0 Å². The van der Waals surface area contributed by atoms with E-state index in [1.165, 1.54) is 29.5 Å². The van der Waals surface area contributed by atoms with Gasteiger partial charge < -0.3 is 4.98 Å². The first-order valence-electron chi connectivity index (χ1n) is 8.46. The number of nitrogens with one attached hydrogen (secondary N) is 1. The van der Waals surface area contributed by atoms with Crippen LogP contribution in [0.1, 0.15) is 57.6 Å². The van der Waals surface area contributed by atoms with Gasteiger partial charge in [0.1, 0.15) is 5.82 Å². The van der Waals surface area contributed by atoms with Gasteiger partial charge in [0.15, 0.2) is 0 Å². The average Bonchev–Trinajstić information content (AvgIpc) is 2.87. The first kappa shape index (κ1) is 18.0. The molecule has 0 bridgehead atoms. The zero-order chi connectivity index (χ0) is 17.0. The molecule has 1 heterocycles. The van der Waals surface area contributed by atoms with Crippen LogP contribution in [0.5, 0.6) is 0 Å². The molecule has 0 saturated carbocycles. The predicted molar refractivity (Wildman–Crippen MR) is 104 cm³/mol. The Morgan fingerprint density at radius 1 is 1.35 bits per heavy atom. The minimum absolute atomic E-state index is 0.532. The number of halogens is 1. The maximum atomic E-state index is 4.87. The molecule has 0 saturated heterocycles. The Morgan fingerprint density at radius 2 is 2.09 bits per heavy atom. The number of aromatic amines is 1. The van der Waals surface area contributed by atoms with Crippen LogP contribution in [0, 0.1) is 12.8 Å². The van der Waals surface area contributed by atoms with E-state index in [0.717, 1.165) is 28.1 Å². The Hall–Kier alpha value is -1.35. The second kappa shape index (κ2) is 7.96. The van der Waals surface area contributed by atoms with Crippen LogP contribution in [0.15, 0.2) is 28.2 Å². The van der Waals surface area contributed by atoms with Gasteiger partial charge in [-0.15, -0.1) is 0 Å². The van der Waals surface area contributed by atoms with Crippen molar-refractivity contribution in [2.45, 2.75) is 53.9 Å². The topological polar surface area (TPSA) is 28.7 Å². The number of rotatable bonds is 6. The summed E-state index contributed by atoms with van der Waals surface area (Å²) >= 11 is 3.55. The van der Waals surface area contributed by atoms with Crippen molar-refractivity contribution in [3.8, 4) is 11.3 Å². The van der Waals surface area contributed by atoms with E-state index in [1.807, 2.05) is 0 Å². The summed E-state index contributed by atoms with van der Waals surface area (Å²) in [5.41, 5.74) is 6.04. The highest BCUT2D eigenvalue weighted by Gasteiger charge is 2.13. The Bertz CT molecular complexity index is 696. The van der Waals surface area contributed by atoms with E-state index in [9.17, 15) is 0 Å². The summed E-state index contributed by atoms with van der Waals surface area (Å²) in [6.07, 6.45) is 5.59. The molecule has 0 fully saturated rings. The molecule has 23 heavy (non-hydrogen) atoms. The number of hydrogen-bond donors (Lipinski definition) is 1. The normalized spacial score (nSPS) is 12.2. The van der Waals surface area contributed by atoms with Crippen LogP contribution in [0.25, 0.3) is 17.3 Å². The minimum atomic E-state index is 0.532. The molecular formula is C20H27BrN2. The van der Waals surface area contributed by atoms with Crippen molar-refractivity contribution in [1.29, 1.82) is 0 Å². The zero-order valence-corrected chi connectivity index (χ0v) is 16.4. The Morgan fingerprint density at radius 3 is 2.70 bits per heavy atom. The molecule has 2 aromatic rings. The maximum Gasteiger partial charge on any atom is 0.107 e. The van der Waals surface area contributed by atoms with Gasteiger partial charge in [-0.25, -0.2) is 4.98 Å². The van der Waals surface area contributed by atoms with Crippen molar-refractivity contribution in [3.63, 3.8) is 0 Å². The Labute approximate surface area is 148 Å². The van der Waals surface area contributed by atoms with E-state index in [1.54, 1.807) is 0 Å². The van der Waals surface area contributed by atoms with Crippen LogP contribution >= 0.6 is 15.9 Å². The SMILES string of the molecule is CCCCc1nc(/C=C(\C)C(C)C)c(-c2ccc(Br)cc2C)[nH]1. The van der Waals surface area contributed by atoms with Gasteiger partial charge in [0.25, 0.3) is 0 Å². The van der Waals surface area contributed by atoms with Gasteiger partial charge in [-0.2, -0.15) is 0 Å². The van der Waals surface area contributed by atoms with Gasteiger partial charge in [-0.05, 0) is 50.0 Å². The van der Waals surface area contributed by atoms with Crippen molar-refractivity contribution >= 4 is 22.0 Å². The molecular weight excluding hydrogens is 348 g/mol. The lowest BCUT2D eigenvalue weighted by atomic mass is 10.0. The second-order valence-corrected chi connectivity index (χ2v) is 7.47. The van der Waals surface area contributed by atoms with E-state index in [0.29, 0.717) is 5.92 Å². The summed E-state index contributed by atoms with van der Waals surface area (Å²) in [4.78, 5) is 8.43. The fraction of sp³-hybridized carbons (Fsp3) is 0.450. The first-order valence-corrected chi connectivity index (χ1v) is 9.25. The molecule has 0 spiro atoms. The van der Waals surface area contributed by atoms with E-state index >= 15 is 0 Å². The molecule has 0 amide bonds. The molecule has 124 valence electrons. The van der Waals surface area contributed by atoms with Gasteiger partial charge in [0.2, 0.25) is 0 Å². The van der Waals surface area contributed by atoms with Crippen LogP contribution in [0.2, 0.25) is 0 Å². The van der Waals surface area contributed by atoms with Crippen molar-refractivity contribution in [3.05, 3.63) is 45.3 Å². The minimum Gasteiger partial charge on any atom is -0.341 e. The highest BCUT2D eigenvalue weighted by molar-refractivity contribution is 9.10. The zero-order valence-electron chi connectivity index (χ0n) is 14.8. The third-order valence-electron chi connectivity index (χ3n) is 4.28. The van der Waals surface area contributed by atoms with Crippen LogP contribution in [-0.4, -0.2) is 9.97 Å². The highest BCUT2D eigenvalue weighted by atomic mass is 79.9. The molecule has 2 nitrogen and oxygen atoms in total. The highest BCUT2D eigenvalue weighted by Crippen LogP contribution is 2.29. The number of imidazole rings is 1. The molecule has 0 aliphatic heterocycles. The summed E-state index contributed by atoms with van der Waals surface area (Å²) in [7, 11) is 0.